The second-order valence-corrected chi connectivity index (χ2v) is 10.9. The Kier molecular flexibility index (Phi) is 20.6. The van der Waals surface area contributed by atoms with Gasteiger partial charge >= 0.3 is 0 Å². The van der Waals surface area contributed by atoms with E-state index < -0.39 is 0 Å². The zero-order valence-corrected chi connectivity index (χ0v) is 21.5. The summed E-state index contributed by atoms with van der Waals surface area (Å²) in [6, 6.07) is 5.90. The first-order chi connectivity index (χ1) is 15.3. The molecule has 0 fully saturated rings. The van der Waals surface area contributed by atoms with Crippen molar-refractivity contribution in [2.24, 2.45) is 0 Å². The van der Waals surface area contributed by atoms with Crippen molar-refractivity contribution in [3.05, 3.63) is 24.4 Å². The molecular weight excluding hydrogens is 420 g/mol. The summed E-state index contributed by atoms with van der Waals surface area (Å²) in [4.78, 5) is 16.1. The Morgan fingerprint density at radius 2 is 1.35 bits per heavy atom. The van der Waals surface area contributed by atoms with E-state index >= 15 is 0 Å². The standard InChI is InChI=1S/C26H46N2OS2/c1-2-3-4-5-6-7-8-9-10-11-12-13-14-15-16-18-22-27-25(29)21-24-30-31-26-20-17-19-23-28-26/h17,19-20,23H,2-16,18,21-22,24H2,1H3,(H,27,29). The normalized spacial score (nSPS) is 11.0. The predicted octanol–water partition coefficient (Wildman–Crippen LogP) is 8.59. The van der Waals surface area contributed by atoms with Crippen molar-refractivity contribution in [1.29, 1.82) is 0 Å². The fourth-order valence-electron chi connectivity index (χ4n) is 3.62. The van der Waals surface area contributed by atoms with Gasteiger partial charge in [-0.3, -0.25) is 4.79 Å². The topological polar surface area (TPSA) is 42.0 Å². The molecule has 1 rings (SSSR count). The van der Waals surface area contributed by atoms with Crippen molar-refractivity contribution >= 4 is 27.5 Å². The summed E-state index contributed by atoms with van der Waals surface area (Å²) >= 11 is 0. The van der Waals surface area contributed by atoms with Crippen LogP contribution < -0.4 is 5.32 Å². The van der Waals surface area contributed by atoms with Gasteiger partial charge in [-0.2, -0.15) is 0 Å². The lowest BCUT2D eigenvalue weighted by atomic mass is 10.0. The predicted molar refractivity (Wildman–Crippen MR) is 140 cm³/mol. The highest BCUT2D eigenvalue weighted by molar-refractivity contribution is 8.76. The summed E-state index contributed by atoms with van der Waals surface area (Å²) in [6.07, 6.45) is 24.5. The van der Waals surface area contributed by atoms with E-state index in [1.165, 1.54) is 96.3 Å². The molecule has 0 spiro atoms. The van der Waals surface area contributed by atoms with Gasteiger partial charge in [0.25, 0.3) is 0 Å². The van der Waals surface area contributed by atoms with E-state index in [2.05, 4.69) is 17.2 Å². The van der Waals surface area contributed by atoms with E-state index in [1.807, 2.05) is 18.2 Å². The summed E-state index contributed by atoms with van der Waals surface area (Å²) in [5.41, 5.74) is 0. The average molecular weight is 467 g/mol. The molecule has 0 aliphatic heterocycles. The molecule has 0 saturated carbocycles. The van der Waals surface area contributed by atoms with Crippen LogP contribution in [0, 0.1) is 0 Å². The van der Waals surface area contributed by atoms with Crippen molar-refractivity contribution in [2.45, 2.75) is 121 Å². The van der Waals surface area contributed by atoms with Crippen molar-refractivity contribution in [2.75, 3.05) is 12.3 Å². The van der Waals surface area contributed by atoms with Crippen molar-refractivity contribution in [3.8, 4) is 0 Å². The number of carbonyl (C=O) groups is 1. The van der Waals surface area contributed by atoms with E-state index in [-0.39, 0.29) is 5.91 Å². The Balaban J connectivity index is 1.73. The van der Waals surface area contributed by atoms with E-state index in [0.29, 0.717) is 6.42 Å². The van der Waals surface area contributed by atoms with Crippen LogP contribution >= 0.6 is 21.6 Å². The molecule has 0 saturated heterocycles. The van der Waals surface area contributed by atoms with E-state index in [9.17, 15) is 4.79 Å². The quantitative estimate of drug-likeness (QED) is 0.137. The first kappa shape index (κ1) is 28.4. The third-order valence-electron chi connectivity index (χ3n) is 5.55. The molecule has 0 unspecified atom stereocenters. The lowest BCUT2D eigenvalue weighted by molar-refractivity contribution is -0.120. The van der Waals surface area contributed by atoms with Gasteiger partial charge < -0.3 is 5.32 Å². The first-order valence-corrected chi connectivity index (χ1v) is 15.1. The number of pyridine rings is 1. The maximum Gasteiger partial charge on any atom is 0.220 e. The zero-order chi connectivity index (χ0) is 22.2. The SMILES string of the molecule is CCCCCCCCCCCCCCCCCCNC(=O)CCSSc1ccccn1. The number of aromatic nitrogens is 1. The second kappa shape index (κ2) is 22.5. The number of nitrogens with one attached hydrogen (secondary N) is 1. The maximum absolute atomic E-state index is 11.9. The summed E-state index contributed by atoms with van der Waals surface area (Å²) in [7, 11) is 3.33. The minimum absolute atomic E-state index is 0.176. The average Bonchev–Trinajstić information content (AvgIpc) is 2.79. The van der Waals surface area contributed by atoms with E-state index in [4.69, 9.17) is 0 Å². The minimum Gasteiger partial charge on any atom is -0.356 e. The number of nitrogens with zero attached hydrogens (tertiary/aromatic N) is 1. The van der Waals surface area contributed by atoms with Gasteiger partial charge in [-0.25, -0.2) is 4.98 Å². The van der Waals surface area contributed by atoms with Crippen LogP contribution in [0.15, 0.2) is 29.4 Å². The van der Waals surface area contributed by atoms with Crippen LogP contribution in [0.3, 0.4) is 0 Å². The Labute approximate surface area is 200 Å². The van der Waals surface area contributed by atoms with Crippen molar-refractivity contribution < 1.29 is 4.79 Å². The van der Waals surface area contributed by atoms with Crippen molar-refractivity contribution in [3.63, 3.8) is 0 Å². The van der Waals surface area contributed by atoms with Gasteiger partial charge in [0.15, 0.2) is 0 Å². The van der Waals surface area contributed by atoms with Gasteiger partial charge in [0, 0.05) is 24.9 Å². The molecule has 5 heteroatoms. The molecule has 0 atom stereocenters. The van der Waals surface area contributed by atoms with Crippen LogP contribution in [-0.4, -0.2) is 23.2 Å². The van der Waals surface area contributed by atoms with Crippen LogP contribution in [0.5, 0.6) is 0 Å². The van der Waals surface area contributed by atoms with Gasteiger partial charge in [-0.05, 0) is 29.3 Å². The van der Waals surface area contributed by atoms with E-state index in [0.717, 1.165) is 23.7 Å². The molecule has 0 radical (unpaired) electrons. The summed E-state index contributed by atoms with van der Waals surface area (Å²) in [5, 5.41) is 4.05. The number of amides is 1. The molecule has 0 aromatic carbocycles. The lowest BCUT2D eigenvalue weighted by Gasteiger charge is -2.05. The molecule has 0 bridgehead atoms. The molecule has 31 heavy (non-hydrogen) atoms. The molecular formula is C26H46N2OS2. The third kappa shape index (κ3) is 19.7. The van der Waals surface area contributed by atoms with Gasteiger partial charge in [0.05, 0.1) is 0 Å². The summed E-state index contributed by atoms with van der Waals surface area (Å²) in [5.74, 6) is 1.00. The second-order valence-electron chi connectivity index (χ2n) is 8.48. The monoisotopic (exact) mass is 466 g/mol. The molecule has 1 N–H and O–H groups in total. The van der Waals surface area contributed by atoms with E-state index in [1.54, 1.807) is 27.8 Å². The van der Waals surface area contributed by atoms with Crippen LogP contribution in [-0.2, 0) is 4.79 Å². The molecule has 1 aromatic rings. The highest BCUT2D eigenvalue weighted by atomic mass is 33.1. The van der Waals surface area contributed by atoms with Crippen LogP contribution in [0.25, 0.3) is 0 Å². The molecule has 1 heterocycles. The zero-order valence-electron chi connectivity index (χ0n) is 19.9. The molecule has 178 valence electrons. The van der Waals surface area contributed by atoms with Gasteiger partial charge in [0.2, 0.25) is 5.91 Å². The number of carbonyl (C=O) groups excluding carboxylic acids is 1. The molecule has 1 amide bonds. The summed E-state index contributed by atoms with van der Waals surface area (Å²) < 4.78 is 0. The van der Waals surface area contributed by atoms with Crippen LogP contribution in [0.1, 0.15) is 116 Å². The largest absolute Gasteiger partial charge is 0.356 e. The third-order valence-corrected chi connectivity index (χ3v) is 7.81. The smallest absolute Gasteiger partial charge is 0.220 e. The fraction of sp³-hybridized carbons (Fsp3) is 0.769. The number of rotatable bonds is 22. The fourth-order valence-corrected chi connectivity index (χ4v) is 5.49. The highest BCUT2D eigenvalue weighted by Crippen LogP contribution is 2.29. The van der Waals surface area contributed by atoms with Gasteiger partial charge in [-0.15, -0.1) is 0 Å². The van der Waals surface area contributed by atoms with Crippen LogP contribution in [0.4, 0.5) is 0 Å². The molecule has 1 aromatic heterocycles. The number of hydrogen-bond acceptors (Lipinski definition) is 4. The van der Waals surface area contributed by atoms with Gasteiger partial charge in [-0.1, -0.05) is 120 Å². The molecule has 0 aliphatic rings. The van der Waals surface area contributed by atoms with Crippen LogP contribution in [0.2, 0.25) is 0 Å². The summed E-state index contributed by atoms with van der Waals surface area (Å²) in [6.45, 7) is 3.11. The molecule has 3 nitrogen and oxygen atoms in total. The minimum atomic E-state index is 0.176. The number of unbranched alkanes of at least 4 members (excludes halogenated alkanes) is 15. The Morgan fingerprint density at radius 1 is 0.806 bits per heavy atom. The Hall–Kier alpha value is -0.680. The number of hydrogen-bond donors (Lipinski definition) is 1. The van der Waals surface area contributed by atoms with Gasteiger partial charge in [0.1, 0.15) is 5.03 Å². The Morgan fingerprint density at radius 3 is 1.87 bits per heavy atom. The van der Waals surface area contributed by atoms with Crippen molar-refractivity contribution in [1.82, 2.24) is 10.3 Å². The Bertz CT molecular complexity index is 513. The first-order valence-electron chi connectivity index (χ1n) is 12.8. The molecule has 0 aliphatic carbocycles. The highest BCUT2D eigenvalue weighted by Gasteiger charge is 2.02. The maximum atomic E-state index is 11.9. The lowest BCUT2D eigenvalue weighted by Crippen LogP contribution is -2.24.